The smallest absolute Gasteiger partial charge is 0.251 e. The molecule has 1 aromatic carbocycles. The summed E-state index contributed by atoms with van der Waals surface area (Å²) >= 11 is 3.99. The molecule has 0 bridgehead atoms. The van der Waals surface area contributed by atoms with Crippen LogP contribution in [0.4, 0.5) is 0 Å². The van der Waals surface area contributed by atoms with Crippen LogP contribution in [0, 0.1) is 0 Å². The summed E-state index contributed by atoms with van der Waals surface area (Å²) in [5, 5.41) is 6.57. The zero-order valence-electron chi connectivity index (χ0n) is 12.7. The number of halogens is 1. The van der Waals surface area contributed by atoms with Gasteiger partial charge in [-0.2, -0.15) is 0 Å². The Labute approximate surface area is 147 Å². The van der Waals surface area contributed by atoms with Gasteiger partial charge in [0.25, 0.3) is 5.91 Å². The molecule has 2 aliphatic heterocycles. The van der Waals surface area contributed by atoms with Crippen molar-refractivity contribution in [1.82, 2.24) is 10.6 Å². The number of hydrogen-bond donors (Lipinski definition) is 2. The molecule has 0 aromatic heterocycles. The zero-order valence-corrected chi connectivity index (χ0v) is 15.2. The van der Waals surface area contributed by atoms with Crippen LogP contribution in [0.5, 0.6) is 0 Å². The summed E-state index contributed by atoms with van der Waals surface area (Å²) in [6.07, 6.45) is 2.03. The number of carbonyl (C=O) groups excluding carboxylic acids is 1. The van der Waals surface area contributed by atoms with Gasteiger partial charge in [-0.3, -0.25) is 4.79 Å². The van der Waals surface area contributed by atoms with E-state index >= 15 is 0 Å². The number of hydrogen-bond acceptors (Lipinski definition) is 4. The second kappa shape index (κ2) is 8.48. The van der Waals surface area contributed by atoms with Crippen LogP contribution >= 0.6 is 35.9 Å². The number of rotatable bonds is 3. The van der Waals surface area contributed by atoms with Crippen molar-refractivity contribution < 1.29 is 4.79 Å². The molecule has 2 saturated heterocycles. The molecule has 0 radical (unpaired) electrons. The van der Waals surface area contributed by atoms with Crippen molar-refractivity contribution in [3.05, 3.63) is 35.4 Å². The van der Waals surface area contributed by atoms with Gasteiger partial charge < -0.3 is 10.6 Å². The van der Waals surface area contributed by atoms with E-state index in [1.54, 1.807) is 0 Å². The van der Waals surface area contributed by atoms with Crippen LogP contribution in [-0.4, -0.2) is 36.0 Å². The van der Waals surface area contributed by atoms with E-state index in [0.717, 1.165) is 24.9 Å². The molecule has 2 aliphatic rings. The first kappa shape index (κ1) is 18.0. The zero-order chi connectivity index (χ0) is 14.7. The topological polar surface area (TPSA) is 41.1 Å². The largest absolute Gasteiger partial charge is 0.349 e. The summed E-state index contributed by atoms with van der Waals surface area (Å²) in [6.45, 7) is 3.16. The van der Waals surface area contributed by atoms with Crippen LogP contribution in [0.15, 0.2) is 24.3 Å². The van der Waals surface area contributed by atoms with Gasteiger partial charge in [0.05, 0.1) is 4.58 Å². The van der Waals surface area contributed by atoms with Crippen LogP contribution in [0.2, 0.25) is 0 Å². The lowest BCUT2D eigenvalue weighted by atomic mass is 10.00. The molecule has 3 nitrogen and oxygen atoms in total. The van der Waals surface area contributed by atoms with E-state index in [2.05, 4.69) is 29.7 Å². The van der Waals surface area contributed by atoms with Crippen molar-refractivity contribution >= 4 is 41.8 Å². The summed E-state index contributed by atoms with van der Waals surface area (Å²) in [7, 11) is 0. The molecule has 2 fully saturated rings. The molecule has 3 rings (SSSR count). The fourth-order valence-electron chi connectivity index (χ4n) is 2.87. The van der Waals surface area contributed by atoms with Gasteiger partial charge >= 0.3 is 0 Å². The fraction of sp³-hybridized carbons (Fsp3) is 0.562. The highest BCUT2D eigenvalue weighted by atomic mass is 35.5. The van der Waals surface area contributed by atoms with Crippen molar-refractivity contribution in [2.45, 2.75) is 36.4 Å². The summed E-state index contributed by atoms with van der Waals surface area (Å²) in [5.74, 6) is 2.52. The Balaban J connectivity index is 0.00000176. The number of benzene rings is 1. The van der Waals surface area contributed by atoms with E-state index in [0.29, 0.717) is 16.7 Å². The average molecular weight is 359 g/mol. The highest BCUT2D eigenvalue weighted by Crippen LogP contribution is 2.45. The highest BCUT2D eigenvalue weighted by molar-refractivity contribution is 8.19. The minimum absolute atomic E-state index is 0. The maximum absolute atomic E-state index is 12.3. The molecule has 1 amide bonds. The molecule has 6 heteroatoms. The average Bonchev–Trinajstić information content (AvgIpc) is 3.01. The molecule has 22 heavy (non-hydrogen) atoms. The summed E-state index contributed by atoms with van der Waals surface area (Å²) < 4.78 is 0.548. The lowest BCUT2D eigenvalue weighted by Crippen LogP contribution is -2.46. The van der Waals surface area contributed by atoms with Gasteiger partial charge in [-0.25, -0.2) is 0 Å². The van der Waals surface area contributed by atoms with E-state index in [4.69, 9.17) is 0 Å². The standard InChI is InChI=1S/C16H22N2OS2.ClH/c1-11-10-14(6-7-17-11)18-15(19)12-2-4-13(5-3-12)16-20-8-9-21-16;/h2-5,11,14,16-17H,6-10H2,1H3,(H,18,19);1H. The first-order valence-corrected chi connectivity index (χ1v) is 9.69. The van der Waals surface area contributed by atoms with Crippen LogP contribution in [-0.2, 0) is 0 Å². The molecule has 0 aliphatic carbocycles. The first-order valence-electron chi connectivity index (χ1n) is 7.60. The summed E-state index contributed by atoms with van der Waals surface area (Å²) in [6, 6.07) is 8.94. The molecule has 2 N–H and O–H groups in total. The minimum atomic E-state index is 0. The predicted octanol–water partition coefficient (Wildman–Crippen LogP) is 3.46. The quantitative estimate of drug-likeness (QED) is 0.868. The van der Waals surface area contributed by atoms with Crippen LogP contribution in [0.1, 0.15) is 40.3 Å². The first-order chi connectivity index (χ1) is 10.2. The van der Waals surface area contributed by atoms with Crippen LogP contribution < -0.4 is 10.6 Å². The number of carbonyl (C=O) groups is 1. The van der Waals surface area contributed by atoms with E-state index < -0.39 is 0 Å². The number of amides is 1. The Morgan fingerprint density at radius 1 is 1.23 bits per heavy atom. The van der Waals surface area contributed by atoms with Crippen molar-refractivity contribution in [3.63, 3.8) is 0 Å². The molecule has 1 aromatic rings. The van der Waals surface area contributed by atoms with Crippen molar-refractivity contribution in [1.29, 1.82) is 0 Å². The lowest BCUT2D eigenvalue weighted by molar-refractivity contribution is 0.0925. The fourth-order valence-corrected chi connectivity index (χ4v) is 5.73. The minimum Gasteiger partial charge on any atom is -0.349 e. The number of piperidine rings is 1. The van der Waals surface area contributed by atoms with Gasteiger partial charge in [0.1, 0.15) is 0 Å². The van der Waals surface area contributed by atoms with E-state index in [1.165, 1.54) is 17.1 Å². The predicted molar refractivity (Wildman–Crippen MR) is 99.3 cm³/mol. The third kappa shape index (κ3) is 4.57. The summed E-state index contributed by atoms with van der Waals surface area (Å²) in [5.41, 5.74) is 2.10. The monoisotopic (exact) mass is 358 g/mol. The summed E-state index contributed by atoms with van der Waals surface area (Å²) in [4.78, 5) is 12.3. The van der Waals surface area contributed by atoms with E-state index in [1.807, 2.05) is 35.7 Å². The molecule has 2 heterocycles. The molecule has 122 valence electrons. The Kier molecular flexibility index (Phi) is 6.93. The molecule has 0 saturated carbocycles. The maximum atomic E-state index is 12.3. The SMILES string of the molecule is CC1CC(NC(=O)c2ccc(C3SCCS3)cc2)CCN1.Cl. The Morgan fingerprint density at radius 3 is 2.55 bits per heavy atom. The Hall–Kier alpha value is -0.360. The van der Waals surface area contributed by atoms with Gasteiger partial charge in [0.2, 0.25) is 0 Å². The second-order valence-electron chi connectivity index (χ2n) is 5.75. The molecule has 2 unspecified atom stereocenters. The van der Waals surface area contributed by atoms with Gasteiger partial charge in [-0.05, 0) is 44.0 Å². The van der Waals surface area contributed by atoms with Crippen molar-refractivity contribution in [3.8, 4) is 0 Å². The Bertz CT molecular complexity index is 491. The third-order valence-electron chi connectivity index (χ3n) is 4.03. The number of thioether (sulfide) groups is 2. The molecular weight excluding hydrogens is 336 g/mol. The van der Waals surface area contributed by atoms with Crippen LogP contribution in [0.25, 0.3) is 0 Å². The molecule has 2 atom stereocenters. The van der Waals surface area contributed by atoms with E-state index in [9.17, 15) is 4.79 Å². The van der Waals surface area contributed by atoms with Gasteiger partial charge in [-0.1, -0.05) is 12.1 Å². The molecular formula is C16H23ClN2OS2. The lowest BCUT2D eigenvalue weighted by Gasteiger charge is -2.28. The van der Waals surface area contributed by atoms with E-state index in [-0.39, 0.29) is 18.3 Å². The maximum Gasteiger partial charge on any atom is 0.251 e. The van der Waals surface area contributed by atoms with Gasteiger partial charge in [-0.15, -0.1) is 35.9 Å². The third-order valence-corrected chi connectivity index (χ3v) is 7.13. The highest BCUT2D eigenvalue weighted by Gasteiger charge is 2.21. The van der Waals surface area contributed by atoms with Gasteiger partial charge in [0, 0.05) is 29.2 Å². The van der Waals surface area contributed by atoms with Crippen molar-refractivity contribution in [2.75, 3.05) is 18.1 Å². The Morgan fingerprint density at radius 2 is 1.91 bits per heavy atom. The van der Waals surface area contributed by atoms with Gasteiger partial charge in [0.15, 0.2) is 0 Å². The van der Waals surface area contributed by atoms with Crippen LogP contribution in [0.3, 0.4) is 0 Å². The number of nitrogens with one attached hydrogen (secondary N) is 2. The second-order valence-corrected chi connectivity index (χ2v) is 8.47. The van der Waals surface area contributed by atoms with Crippen molar-refractivity contribution in [2.24, 2.45) is 0 Å². The molecule has 0 spiro atoms. The normalized spacial score (nSPS) is 25.5.